The quantitative estimate of drug-likeness (QED) is 0.751. The van der Waals surface area contributed by atoms with E-state index in [0.29, 0.717) is 12.1 Å². The van der Waals surface area contributed by atoms with E-state index >= 15 is 4.39 Å². The zero-order valence-electron chi connectivity index (χ0n) is 14.9. The molecule has 2 aliphatic rings. The number of alkyl halides is 1. The SMILES string of the molecule is CCOc1nc(N)nc2c1ncn2[C@@H]1O[C@@H]2CO[P@@](=O)(OC)O[C@H]2[C@@]1(C)F. The van der Waals surface area contributed by atoms with Gasteiger partial charge in [0.2, 0.25) is 11.8 Å². The van der Waals surface area contributed by atoms with Crippen molar-refractivity contribution < 1.29 is 32.0 Å². The van der Waals surface area contributed by atoms with Gasteiger partial charge in [0, 0.05) is 7.11 Å². The highest BCUT2D eigenvalue weighted by Gasteiger charge is 2.61. The number of hydrogen-bond acceptors (Lipinski definition) is 10. The number of nitrogens with zero attached hydrogens (tertiary/aromatic N) is 4. The van der Waals surface area contributed by atoms with E-state index in [9.17, 15) is 4.57 Å². The number of rotatable bonds is 4. The molecule has 2 aromatic rings. The van der Waals surface area contributed by atoms with Gasteiger partial charge in [-0.1, -0.05) is 0 Å². The molecule has 0 radical (unpaired) electrons. The molecule has 0 spiro atoms. The lowest BCUT2D eigenvalue weighted by molar-refractivity contribution is -0.0686. The molecule has 5 atom stereocenters. The van der Waals surface area contributed by atoms with Gasteiger partial charge in [0.1, 0.15) is 12.2 Å². The van der Waals surface area contributed by atoms with Crippen LogP contribution < -0.4 is 10.5 Å². The van der Waals surface area contributed by atoms with Crippen LogP contribution in [0.4, 0.5) is 10.3 Å². The van der Waals surface area contributed by atoms with Crippen LogP contribution in [0.15, 0.2) is 6.33 Å². The molecule has 2 aliphatic heterocycles. The van der Waals surface area contributed by atoms with Crippen LogP contribution in [0.5, 0.6) is 5.88 Å². The third kappa shape index (κ3) is 2.88. The van der Waals surface area contributed by atoms with Crippen LogP contribution in [0.2, 0.25) is 0 Å². The first-order chi connectivity index (χ1) is 12.8. The number of hydrogen-bond donors (Lipinski definition) is 1. The van der Waals surface area contributed by atoms with Gasteiger partial charge in [-0.2, -0.15) is 9.97 Å². The van der Waals surface area contributed by atoms with Gasteiger partial charge in [-0.15, -0.1) is 0 Å². The minimum Gasteiger partial charge on any atom is -0.476 e. The van der Waals surface area contributed by atoms with Gasteiger partial charge in [0.25, 0.3) is 0 Å². The van der Waals surface area contributed by atoms with Crippen LogP contribution in [-0.2, 0) is 22.9 Å². The van der Waals surface area contributed by atoms with Gasteiger partial charge in [-0.3, -0.25) is 18.1 Å². The molecule has 4 heterocycles. The summed E-state index contributed by atoms with van der Waals surface area (Å²) < 4.78 is 55.6. The Labute approximate surface area is 153 Å². The van der Waals surface area contributed by atoms with Gasteiger partial charge < -0.3 is 15.2 Å². The van der Waals surface area contributed by atoms with Crippen molar-refractivity contribution in [3.63, 3.8) is 0 Å². The molecule has 148 valence electrons. The van der Waals surface area contributed by atoms with Crippen molar-refractivity contribution in [1.82, 2.24) is 19.5 Å². The van der Waals surface area contributed by atoms with Crippen LogP contribution in [0.3, 0.4) is 0 Å². The monoisotopic (exact) mass is 403 g/mol. The molecule has 0 saturated carbocycles. The molecule has 2 aromatic heterocycles. The number of nitrogens with two attached hydrogens (primary N) is 1. The van der Waals surface area contributed by atoms with Gasteiger partial charge in [0.15, 0.2) is 23.1 Å². The summed E-state index contributed by atoms with van der Waals surface area (Å²) >= 11 is 0. The van der Waals surface area contributed by atoms with Crippen molar-refractivity contribution in [3.05, 3.63) is 6.33 Å². The Bertz CT molecular complexity index is 923. The highest BCUT2D eigenvalue weighted by atomic mass is 31.2. The molecular formula is C14H19FN5O6P. The van der Waals surface area contributed by atoms with E-state index in [1.807, 2.05) is 0 Å². The largest absolute Gasteiger partial charge is 0.476 e. The fourth-order valence-electron chi connectivity index (χ4n) is 3.25. The predicted octanol–water partition coefficient (Wildman–Crippen LogP) is 1.60. The number of anilines is 1. The molecule has 0 unspecified atom stereocenters. The third-order valence-corrected chi connectivity index (χ3v) is 5.88. The Morgan fingerprint density at radius 1 is 1.52 bits per heavy atom. The van der Waals surface area contributed by atoms with Crippen molar-refractivity contribution in [2.45, 2.75) is 38.0 Å². The van der Waals surface area contributed by atoms with Crippen LogP contribution in [-0.4, -0.2) is 57.7 Å². The van der Waals surface area contributed by atoms with Crippen molar-refractivity contribution in [2.24, 2.45) is 0 Å². The second kappa shape index (κ2) is 6.35. The lowest BCUT2D eigenvalue weighted by Crippen LogP contribution is -2.44. The Morgan fingerprint density at radius 2 is 2.30 bits per heavy atom. The number of imidazole rings is 1. The van der Waals surface area contributed by atoms with E-state index in [1.54, 1.807) is 6.92 Å². The average molecular weight is 403 g/mol. The summed E-state index contributed by atoms with van der Waals surface area (Å²) in [4.78, 5) is 12.4. The number of aromatic nitrogens is 4. The van der Waals surface area contributed by atoms with Crippen molar-refractivity contribution >= 4 is 24.9 Å². The molecule has 2 saturated heterocycles. The molecule has 13 heteroatoms. The van der Waals surface area contributed by atoms with Gasteiger partial charge >= 0.3 is 7.82 Å². The fraction of sp³-hybridized carbons (Fsp3) is 0.643. The average Bonchev–Trinajstić information content (AvgIpc) is 3.14. The highest BCUT2D eigenvalue weighted by Crippen LogP contribution is 2.59. The van der Waals surface area contributed by atoms with Gasteiger partial charge in [-0.05, 0) is 13.8 Å². The number of phosphoric acid groups is 1. The fourth-order valence-corrected chi connectivity index (χ4v) is 4.46. The minimum atomic E-state index is -3.83. The maximum Gasteiger partial charge on any atom is 0.475 e. The van der Waals surface area contributed by atoms with E-state index in [1.165, 1.54) is 24.9 Å². The van der Waals surface area contributed by atoms with E-state index in [4.69, 9.17) is 28.8 Å². The van der Waals surface area contributed by atoms with Crippen LogP contribution >= 0.6 is 7.82 Å². The van der Waals surface area contributed by atoms with E-state index in [-0.39, 0.29) is 24.1 Å². The number of nitrogen functional groups attached to an aromatic ring is 1. The molecule has 4 rings (SSSR count). The summed E-state index contributed by atoms with van der Waals surface area (Å²) in [7, 11) is -2.66. The Kier molecular flexibility index (Phi) is 4.35. The summed E-state index contributed by atoms with van der Waals surface area (Å²) in [6, 6.07) is 0. The standard InChI is InChI=1S/C14H19FN5O6P/c1-4-23-11-8-10(18-13(16)19-11)20(6-17-8)12-14(2,15)9-7(25-12)5-24-27(21,22-3)26-9/h6-7,9,12H,4-5H2,1-3H3,(H2,16,18,19)/t7-,9-,12-,14-,27-/m1/s1. The van der Waals surface area contributed by atoms with Crippen molar-refractivity contribution in [1.29, 1.82) is 0 Å². The molecule has 11 nitrogen and oxygen atoms in total. The summed E-state index contributed by atoms with van der Waals surface area (Å²) in [5, 5.41) is 0. The predicted molar refractivity (Wildman–Crippen MR) is 89.8 cm³/mol. The number of ether oxygens (including phenoxy) is 2. The number of halogens is 1. The molecule has 2 N–H and O–H groups in total. The van der Waals surface area contributed by atoms with E-state index < -0.39 is 31.9 Å². The topological polar surface area (TPSA) is 133 Å². The molecule has 0 amide bonds. The second-order valence-corrected chi connectivity index (χ2v) is 8.00. The highest BCUT2D eigenvalue weighted by molar-refractivity contribution is 7.48. The third-order valence-electron chi connectivity index (χ3n) is 4.48. The lowest BCUT2D eigenvalue weighted by atomic mass is 9.98. The van der Waals surface area contributed by atoms with E-state index in [0.717, 1.165) is 0 Å². The smallest absolute Gasteiger partial charge is 0.475 e. The minimum absolute atomic E-state index is 0.0489. The number of fused-ring (bicyclic) bond motifs is 2. The van der Waals surface area contributed by atoms with Crippen LogP contribution in [0.1, 0.15) is 20.1 Å². The first-order valence-corrected chi connectivity index (χ1v) is 9.71. The van der Waals surface area contributed by atoms with Gasteiger partial charge in [0.05, 0.1) is 19.5 Å². The maximum atomic E-state index is 15.7. The van der Waals surface area contributed by atoms with Crippen molar-refractivity contribution in [2.75, 3.05) is 26.1 Å². The summed E-state index contributed by atoms with van der Waals surface area (Å²) in [6.45, 7) is 3.28. The normalized spacial score (nSPS) is 36.1. The molecular weight excluding hydrogens is 384 g/mol. The molecule has 2 fully saturated rings. The zero-order valence-corrected chi connectivity index (χ0v) is 15.8. The first kappa shape index (κ1) is 18.5. The first-order valence-electron chi connectivity index (χ1n) is 8.25. The van der Waals surface area contributed by atoms with Crippen LogP contribution in [0, 0.1) is 0 Å². The molecule has 0 bridgehead atoms. The summed E-state index contributed by atoms with van der Waals surface area (Å²) in [6.07, 6.45) is -1.76. The summed E-state index contributed by atoms with van der Waals surface area (Å²) in [5.41, 5.74) is 4.23. The summed E-state index contributed by atoms with van der Waals surface area (Å²) in [5.74, 6) is 0.144. The Balaban J connectivity index is 1.75. The Morgan fingerprint density at radius 3 is 3.00 bits per heavy atom. The Hall–Kier alpha value is -1.85. The van der Waals surface area contributed by atoms with E-state index in [2.05, 4.69) is 15.0 Å². The number of phosphoric ester groups is 1. The molecule has 0 aliphatic carbocycles. The second-order valence-electron chi connectivity index (χ2n) is 6.27. The van der Waals surface area contributed by atoms with Crippen LogP contribution in [0.25, 0.3) is 11.2 Å². The zero-order chi connectivity index (χ0) is 19.4. The maximum absolute atomic E-state index is 15.7. The van der Waals surface area contributed by atoms with Gasteiger partial charge in [-0.25, -0.2) is 13.9 Å². The molecule has 27 heavy (non-hydrogen) atoms. The lowest BCUT2D eigenvalue weighted by Gasteiger charge is -2.33. The molecule has 0 aromatic carbocycles. The van der Waals surface area contributed by atoms with Crippen molar-refractivity contribution in [3.8, 4) is 5.88 Å².